The molecule has 0 aromatic heterocycles. The van der Waals surface area contributed by atoms with Crippen LogP contribution in [0.2, 0.25) is 0 Å². The fourth-order valence-electron chi connectivity index (χ4n) is 5.82. The summed E-state index contributed by atoms with van der Waals surface area (Å²) in [6.07, 6.45) is 5.91. The number of fused-ring (bicyclic) bond motifs is 1. The Hall–Kier alpha value is -1.44. The first kappa shape index (κ1) is 21.3. The van der Waals surface area contributed by atoms with E-state index in [0.717, 1.165) is 11.8 Å². The lowest BCUT2D eigenvalue weighted by Crippen LogP contribution is -2.59. The summed E-state index contributed by atoms with van der Waals surface area (Å²) in [4.78, 5) is 11.9. The average molecular weight is 410 g/mol. The van der Waals surface area contributed by atoms with Crippen molar-refractivity contribution in [3.05, 3.63) is 30.3 Å². The normalized spacial score (nSPS) is 32.9. The Kier molecular flexibility index (Phi) is 6.17. The molecule has 1 aromatic rings. The zero-order valence-corrected chi connectivity index (χ0v) is 17.4. The first-order valence-corrected chi connectivity index (χ1v) is 11.5. The summed E-state index contributed by atoms with van der Waals surface area (Å²) in [6.45, 7) is 4.49. The van der Waals surface area contributed by atoms with Crippen LogP contribution in [0, 0.1) is 29.1 Å². The predicted octanol–water partition coefficient (Wildman–Crippen LogP) is 3.27. The SMILES string of the molecule is CC(C)OC(=O)C[C@]1(CN)[C@@H]2C[C@@H]3CC[C@H]1[C@H]2C3.O=S(=O)(O)c1ccccc1. The van der Waals surface area contributed by atoms with Crippen LogP contribution in [0.3, 0.4) is 0 Å². The lowest BCUT2D eigenvalue weighted by Gasteiger charge is -2.59. The van der Waals surface area contributed by atoms with Gasteiger partial charge in [0.05, 0.1) is 17.4 Å². The average Bonchev–Trinajstić information content (AvgIpc) is 2.81. The number of nitrogens with two attached hydrogens (primary N) is 1. The number of hydrogen-bond donors (Lipinski definition) is 2. The summed E-state index contributed by atoms with van der Waals surface area (Å²) in [7, 11) is -4.00. The second kappa shape index (κ2) is 8.13. The van der Waals surface area contributed by atoms with E-state index in [9.17, 15) is 13.2 Å². The number of rotatable bonds is 5. The first-order valence-electron chi connectivity index (χ1n) is 10.1. The van der Waals surface area contributed by atoms with Gasteiger partial charge in [-0.2, -0.15) is 8.42 Å². The van der Waals surface area contributed by atoms with Crippen LogP contribution in [0.4, 0.5) is 0 Å². The van der Waals surface area contributed by atoms with E-state index >= 15 is 0 Å². The molecule has 156 valence electrons. The second-order valence-electron chi connectivity index (χ2n) is 8.73. The Bertz CT molecular complexity index is 786. The molecule has 3 saturated carbocycles. The topological polar surface area (TPSA) is 107 Å². The molecule has 0 spiro atoms. The molecule has 3 N–H and O–H groups in total. The smallest absolute Gasteiger partial charge is 0.306 e. The fraction of sp³-hybridized carbons (Fsp3) is 0.667. The lowest BCUT2D eigenvalue weighted by molar-refractivity contribution is -0.165. The summed E-state index contributed by atoms with van der Waals surface area (Å²) in [5.41, 5.74) is 6.17. The van der Waals surface area contributed by atoms with Gasteiger partial charge in [-0.15, -0.1) is 0 Å². The molecule has 7 heteroatoms. The molecular formula is C21H31NO5S. The number of ether oxygens (including phenoxy) is 1. The van der Waals surface area contributed by atoms with Gasteiger partial charge in [-0.05, 0) is 80.9 Å². The molecule has 0 heterocycles. The molecule has 4 rings (SSSR count). The van der Waals surface area contributed by atoms with E-state index in [1.165, 1.54) is 37.8 Å². The molecule has 28 heavy (non-hydrogen) atoms. The highest BCUT2D eigenvalue weighted by atomic mass is 32.2. The van der Waals surface area contributed by atoms with Crippen molar-refractivity contribution < 1.29 is 22.5 Å². The van der Waals surface area contributed by atoms with E-state index in [1.807, 2.05) is 13.8 Å². The first-order chi connectivity index (χ1) is 13.2. The highest BCUT2D eigenvalue weighted by Crippen LogP contribution is 2.70. The number of esters is 1. The van der Waals surface area contributed by atoms with E-state index in [4.69, 9.17) is 15.0 Å². The number of hydrogen-bond acceptors (Lipinski definition) is 5. The monoisotopic (exact) mass is 409 g/mol. The minimum atomic E-state index is -4.00. The van der Waals surface area contributed by atoms with Crippen LogP contribution in [0.1, 0.15) is 46.0 Å². The number of carbonyl (C=O) groups excluding carboxylic acids is 1. The highest BCUT2D eigenvalue weighted by Gasteiger charge is 2.66. The van der Waals surface area contributed by atoms with Crippen LogP contribution in [-0.4, -0.2) is 31.6 Å². The van der Waals surface area contributed by atoms with Crippen molar-refractivity contribution in [2.45, 2.75) is 57.0 Å². The molecule has 0 amide bonds. The molecule has 0 radical (unpaired) electrons. The third-order valence-electron chi connectivity index (χ3n) is 6.85. The Balaban J connectivity index is 0.000000192. The van der Waals surface area contributed by atoms with Gasteiger partial charge in [0, 0.05) is 0 Å². The summed E-state index contributed by atoms with van der Waals surface area (Å²) < 4.78 is 34.6. The molecule has 3 aliphatic rings. The van der Waals surface area contributed by atoms with Crippen LogP contribution >= 0.6 is 0 Å². The number of benzene rings is 1. The molecule has 2 bridgehead atoms. The summed E-state index contributed by atoms with van der Waals surface area (Å²) in [5.74, 6) is 3.17. The van der Waals surface area contributed by atoms with Crippen molar-refractivity contribution in [1.29, 1.82) is 0 Å². The quantitative estimate of drug-likeness (QED) is 0.571. The van der Waals surface area contributed by atoms with Crippen LogP contribution in [0.15, 0.2) is 35.2 Å². The largest absolute Gasteiger partial charge is 0.463 e. The molecule has 3 fully saturated rings. The molecule has 5 atom stereocenters. The zero-order valence-electron chi connectivity index (χ0n) is 16.6. The van der Waals surface area contributed by atoms with Crippen molar-refractivity contribution in [3.8, 4) is 0 Å². The molecule has 3 aliphatic carbocycles. The second-order valence-corrected chi connectivity index (χ2v) is 10.2. The third kappa shape index (κ3) is 4.11. The Morgan fingerprint density at radius 3 is 2.43 bits per heavy atom. The summed E-state index contributed by atoms with van der Waals surface area (Å²) in [5, 5.41) is 0. The van der Waals surface area contributed by atoms with Gasteiger partial charge in [0.2, 0.25) is 0 Å². The van der Waals surface area contributed by atoms with Crippen molar-refractivity contribution in [1.82, 2.24) is 0 Å². The Morgan fingerprint density at radius 1 is 1.21 bits per heavy atom. The molecule has 0 aliphatic heterocycles. The maximum absolute atomic E-state index is 12.0. The van der Waals surface area contributed by atoms with E-state index in [-0.39, 0.29) is 22.4 Å². The fourth-order valence-corrected chi connectivity index (χ4v) is 6.32. The number of carbonyl (C=O) groups is 1. The molecule has 6 nitrogen and oxygen atoms in total. The van der Waals surface area contributed by atoms with Crippen LogP contribution in [-0.2, 0) is 19.6 Å². The highest BCUT2D eigenvalue weighted by molar-refractivity contribution is 7.85. The van der Waals surface area contributed by atoms with E-state index in [1.54, 1.807) is 18.2 Å². The standard InChI is InChI=1S/C15H25NO2.C6H6O3S/c1-9(2)18-14(17)7-15(8-16)12-4-3-10-5-11(12)13(15)6-10;7-10(8,9)6-4-2-1-3-5-6/h9-13H,3-8,16H2,1-2H3;1-5H,(H,7,8,9)/t10-,11-,12+,13-,15-;/m1./s1. The molecular weight excluding hydrogens is 378 g/mol. The lowest BCUT2D eigenvalue weighted by atomic mass is 9.45. The summed E-state index contributed by atoms with van der Waals surface area (Å²) >= 11 is 0. The Labute approximate surface area is 167 Å². The van der Waals surface area contributed by atoms with Gasteiger partial charge in [0.15, 0.2) is 0 Å². The maximum Gasteiger partial charge on any atom is 0.306 e. The predicted molar refractivity (Wildman–Crippen MR) is 106 cm³/mol. The van der Waals surface area contributed by atoms with Crippen LogP contribution in [0.5, 0.6) is 0 Å². The minimum absolute atomic E-state index is 0.0110. The van der Waals surface area contributed by atoms with Gasteiger partial charge < -0.3 is 10.5 Å². The van der Waals surface area contributed by atoms with Crippen LogP contribution in [0.25, 0.3) is 0 Å². The minimum Gasteiger partial charge on any atom is -0.463 e. The van der Waals surface area contributed by atoms with Gasteiger partial charge in [-0.3, -0.25) is 9.35 Å². The third-order valence-corrected chi connectivity index (χ3v) is 7.72. The van der Waals surface area contributed by atoms with Gasteiger partial charge in [-0.1, -0.05) is 24.6 Å². The summed E-state index contributed by atoms with van der Waals surface area (Å²) in [6, 6.07) is 7.42. The van der Waals surface area contributed by atoms with Gasteiger partial charge in [0.25, 0.3) is 10.1 Å². The van der Waals surface area contributed by atoms with E-state index in [2.05, 4.69) is 0 Å². The van der Waals surface area contributed by atoms with Gasteiger partial charge in [0.1, 0.15) is 0 Å². The zero-order chi connectivity index (χ0) is 20.5. The van der Waals surface area contributed by atoms with E-state index < -0.39 is 10.1 Å². The maximum atomic E-state index is 12.0. The van der Waals surface area contributed by atoms with Gasteiger partial charge >= 0.3 is 5.97 Å². The van der Waals surface area contributed by atoms with Crippen molar-refractivity contribution in [3.63, 3.8) is 0 Å². The van der Waals surface area contributed by atoms with Crippen molar-refractivity contribution in [2.75, 3.05) is 6.54 Å². The molecule has 1 aromatic carbocycles. The molecule has 0 unspecified atom stereocenters. The van der Waals surface area contributed by atoms with E-state index in [0.29, 0.717) is 24.8 Å². The molecule has 0 saturated heterocycles. The van der Waals surface area contributed by atoms with Crippen molar-refractivity contribution >= 4 is 16.1 Å². The van der Waals surface area contributed by atoms with Crippen LogP contribution < -0.4 is 5.73 Å². The Morgan fingerprint density at radius 2 is 1.89 bits per heavy atom. The van der Waals surface area contributed by atoms with Crippen molar-refractivity contribution in [2.24, 2.45) is 34.8 Å². The van der Waals surface area contributed by atoms with Gasteiger partial charge in [-0.25, -0.2) is 0 Å².